The second kappa shape index (κ2) is 6.94. The van der Waals surface area contributed by atoms with Gasteiger partial charge in [-0.1, -0.05) is 19.1 Å². The summed E-state index contributed by atoms with van der Waals surface area (Å²) in [7, 11) is 0. The van der Waals surface area contributed by atoms with Crippen molar-refractivity contribution >= 4 is 5.69 Å². The van der Waals surface area contributed by atoms with Gasteiger partial charge in [0.15, 0.2) is 0 Å². The van der Waals surface area contributed by atoms with Crippen molar-refractivity contribution < 1.29 is 4.74 Å². The molecule has 20 heavy (non-hydrogen) atoms. The van der Waals surface area contributed by atoms with E-state index in [1.807, 2.05) is 19.2 Å². The lowest BCUT2D eigenvalue weighted by Crippen LogP contribution is -2.04. The second-order valence-electron chi connectivity index (χ2n) is 5.01. The van der Waals surface area contributed by atoms with Crippen LogP contribution in [-0.2, 0) is 6.54 Å². The van der Waals surface area contributed by atoms with E-state index in [2.05, 4.69) is 48.4 Å². The largest absolute Gasteiger partial charge is 0.491 e. The molecule has 1 heterocycles. The number of hydrogen-bond acceptors (Lipinski definition) is 3. The number of anilines is 1. The molecule has 3 nitrogen and oxygen atoms in total. The Morgan fingerprint density at radius 3 is 2.70 bits per heavy atom. The van der Waals surface area contributed by atoms with Crippen molar-refractivity contribution in [2.24, 2.45) is 0 Å². The van der Waals surface area contributed by atoms with Crippen LogP contribution >= 0.6 is 0 Å². The molecule has 0 aliphatic heterocycles. The number of nitrogens with one attached hydrogen (secondary N) is 1. The Morgan fingerprint density at radius 1 is 1.15 bits per heavy atom. The molecule has 1 N–H and O–H groups in total. The van der Waals surface area contributed by atoms with Crippen LogP contribution in [0.1, 0.15) is 30.2 Å². The zero-order valence-corrected chi connectivity index (χ0v) is 12.4. The third-order valence-corrected chi connectivity index (χ3v) is 3.05. The van der Waals surface area contributed by atoms with Crippen molar-refractivity contribution in [2.45, 2.75) is 33.7 Å². The molecule has 0 saturated carbocycles. The summed E-state index contributed by atoms with van der Waals surface area (Å²) in [5.41, 5.74) is 4.44. The van der Waals surface area contributed by atoms with Crippen LogP contribution in [-0.4, -0.2) is 11.6 Å². The molecule has 0 atom stereocenters. The molecule has 0 bridgehead atoms. The highest BCUT2D eigenvalue weighted by molar-refractivity contribution is 5.57. The second-order valence-corrected chi connectivity index (χ2v) is 5.01. The van der Waals surface area contributed by atoms with Crippen LogP contribution in [0.2, 0.25) is 0 Å². The summed E-state index contributed by atoms with van der Waals surface area (Å²) in [6, 6.07) is 10.4. The SMILES string of the molecule is CCCOc1cc(C)ccc1NCc1ccc(C)nc1. The fourth-order valence-corrected chi connectivity index (χ4v) is 1.91. The topological polar surface area (TPSA) is 34.1 Å². The number of rotatable bonds is 6. The summed E-state index contributed by atoms with van der Waals surface area (Å²) in [4.78, 5) is 4.31. The zero-order chi connectivity index (χ0) is 14.4. The molecule has 1 aromatic carbocycles. The van der Waals surface area contributed by atoms with Crippen LogP contribution in [0.15, 0.2) is 36.5 Å². The van der Waals surface area contributed by atoms with E-state index in [1.54, 1.807) is 0 Å². The number of pyridine rings is 1. The Bertz CT molecular complexity index is 549. The normalized spacial score (nSPS) is 10.3. The molecule has 0 saturated heterocycles. The first kappa shape index (κ1) is 14.4. The summed E-state index contributed by atoms with van der Waals surface area (Å²) in [5, 5.41) is 3.42. The molecular formula is C17H22N2O. The number of ether oxygens (including phenoxy) is 1. The molecule has 1 aromatic heterocycles. The molecule has 2 rings (SSSR count). The molecule has 3 heteroatoms. The number of aromatic nitrogens is 1. The molecule has 0 fully saturated rings. The molecule has 106 valence electrons. The van der Waals surface area contributed by atoms with Gasteiger partial charge in [0.1, 0.15) is 5.75 Å². The van der Waals surface area contributed by atoms with Gasteiger partial charge in [-0.15, -0.1) is 0 Å². The van der Waals surface area contributed by atoms with E-state index in [4.69, 9.17) is 4.74 Å². The van der Waals surface area contributed by atoms with Crippen LogP contribution in [0.3, 0.4) is 0 Å². The summed E-state index contributed by atoms with van der Waals surface area (Å²) in [6.07, 6.45) is 2.92. The van der Waals surface area contributed by atoms with Gasteiger partial charge in [-0.05, 0) is 49.6 Å². The van der Waals surface area contributed by atoms with Crippen molar-refractivity contribution in [1.82, 2.24) is 4.98 Å². The zero-order valence-electron chi connectivity index (χ0n) is 12.4. The minimum atomic E-state index is 0.740. The van der Waals surface area contributed by atoms with Crippen molar-refractivity contribution in [3.8, 4) is 5.75 Å². The van der Waals surface area contributed by atoms with E-state index in [1.165, 1.54) is 5.56 Å². The average molecular weight is 270 g/mol. The predicted octanol–water partition coefficient (Wildman–Crippen LogP) is 4.10. The van der Waals surface area contributed by atoms with Gasteiger partial charge in [0.25, 0.3) is 0 Å². The minimum Gasteiger partial charge on any atom is -0.491 e. The quantitative estimate of drug-likeness (QED) is 0.858. The number of benzene rings is 1. The number of nitrogens with zero attached hydrogens (tertiary/aromatic N) is 1. The molecule has 0 aliphatic carbocycles. The lowest BCUT2D eigenvalue weighted by molar-refractivity contribution is 0.318. The fourth-order valence-electron chi connectivity index (χ4n) is 1.91. The maximum atomic E-state index is 5.80. The smallest absolute Gasteiger partial charge is 0.142 e. The molecule has 0 unspecified atom stereocenters. The van der Waals surface area contributed by atoms with Crippen LogP contribution < -0.4 is 10.1 Å². The van der Waals surface area contributed by atoms with Gasteiger partial charge >= 0.3 is 0 Å². The van der Waals surface area contributed by atoms with E-state index < -0.39 is 0 Å². The molecule has 0 radical (unpaired) electrons. The molecule has 0 amide bonds. The van der Waals surface area contributed by atoms with Gasteiger partial charge in [-0.3, -0.25) is 4.98 Å². The van der Waals surface area contributed by atoms with E-state index in [9.17, 15) is 0 Å². The Labute approximate surface area is 121 Å². The number of hydrogen-bond donors (Lipinski definition) is 1. The third kappa shape index (κ3) is 3.98. The highest BCUT2D eigenvalue weighted by Crippen LogP contribution is 2.26. The fraction of sp³-hybridized carbons (Fsp3) is 0.353. The predicted molar refractivity (Wildman–Crippen MR) is 83.3 cm³/mol. The highest BCUT2D eigenvalue weighted by atomic mass is 16.5. The van der Waals surface area contributed by atoms with Gasteiger partial charge in [0.2, 0.25) is 0 Å². The van der Waals surface area contributed by atoms with Gasteiger partial charge < -0.3 is 10.1 Å². The highest BCUT2D eigenvalue weighted by Gasteiger charge is 2.04. The van der Waals surface area contributed by atoms with E-state index in [0.717, 1.165) is 42.3 Å². The molecule has 0 spiro atoms. The van der Waals surface area contributed by atoms with Crippen molar-refractivity contribution in [2.75, 3.05) is 11.9 Å². The van der Waals surface area contributed by atoms with E-state index in [-0.39, 0.29) is 0 Å². The maximum absolute atomic E-state index is 5.80. The first-order valence-electron chi connectivity index (χ1n) is 7.08. The number of aryl methyl sites for hydroxylation is 2. The standard InChI is InChI=1S/C17H22N2O/c1-4-9-20-17-10-13(2)5-8-16(17)19-12-15-7-6-14(3)18-11-15/h5-8,10-11,19H,4,9,12H2,1-3H3. The lowest BCUT2D eigenvalue weighted by atomic mass is 10.2. The first-order valence-corrected chi connectivity index (χ1v) is 7.08. The van der Waals surface area contributed by atoms with Crippen LogP contribution in [0.25, 0.3) is 0 Å². The Morgan fingerprint density at radius 2 is 2.00 bits per heavy atom. The van der Waals surface area contributed by atoms with E-state index in [0.29, 0.717) is 0 Å². The lowest BCUT2D eigenvalue weighted by Gasteiger charge is -2.13. The minimum absolute atomic E-state index is 0.740. The van der Waals surface area contributed by atoms with Gasteiger partial charge in [0, 0.05) is 18.4 Å². The maximum Gasteiger partial charge on any atom is 0.142 e. The Balaban J connectivity index is 2.06. The first-order chi connectivity index (χ1) is 9.69. The Hall–Kier alpha value is -2.03. The van der Waals surface area contributed by atoms with Crippen molar-refractivity contribution in [3.63, 3.8) is 0 Å². The third-order valence-electron chi connectivity index (χ3n) is 3.05. The Kier molecular flexibility index (Phi) is 4.99. The van der Waals surface area contributed by atoms with E-state index >= 15 is 0 Å². The summed E-state index contributed by atoms with van der Waals surface area (Å²) < 4.78 is 5.80. The average Bonchev–Trinajstić information content (AvgIpc) is 2.46. The van der Waals surface area contributed by atoms with Gasteiger partial charge in [-0.25, -0.2) is 0 Å². The van der Waals surface area contributed by atoms with Crippen molar-refractivity contribution in [3.05, 3.63) is 53.3 Å². The van der Waals surface area contributed by atoms with Crippen LogP contribution in [0.5, 0.6) is 5.75 Å². The van der Waals surface area contributed by atoms with Gasteiger partial charge in [-0.2, -0.15) is 0 Å². The molecule has 2 aromatic rings. The summed E-state index contributed by atoms with van der Waals surface area (Å²) >= 11 is 0. The van der Waals surface area contributed by atoms with Gasteiger partial charge in [0.05, 0.1) is 12.3 Å². The summed E-state index contributed by atoms with van der Waals surface area (Å²) in [6.45, 7) is 7.67. The van der Waals surface area contributed by atoms with Crippen LogP contribution in [0, 0.1) is 13.8 Å². The van der Waals surface area contributed by atoms with Crippen molar-refractivity contribution in [1.29, 1.82) is 0 Å². The molecule has 0 aliphatic rings. The van der Waals surface area contributed by atoms with Crippen LogP contribution in [0.4, 0.5) is 5.69 Å². The summed E-state index contributed by atoms with van der Waals surface area (Å²) in [5.74, 6) is 0.923. The monoisotopic (exact) mass is 270 g/mol. The molecular weight excluding hydrogens is 248 g/mol.